The highest BCUT2D eigenvalue weighted by molar-refractivity contribution is 7.92. The third-order valence-corrected chi connectivity index (χ3v) is 6.09. The summed E-state index contributed by atoms with van der Waals surface area (Å²) in [5.41, 5.74) is 6.09. The summed E-state index contributed by atoms with van der Waals surface area (Å²) in [6, 6.07) is 8.36. The quantitative estimate of drug-likeness (QED) is 0.439. The molecule has 0 unspecified atom stereocenters. The van der Waals surface area contributed by atoms with Crippen LogP contribution in [0.5, 0.6) is 0 Å². The number of sulfonamides is 1. The molecule has 0 bridgehead atoms. The van der Waals surface area contributed by atoms with Crippen LogP contribution in [0.1, 0.15) is 11.3 Å². The number of nitrogens with two attached hydrogens (primary N) is 1. The molecule has 0 aliphatic carbocycles. The molecule has 0 radical (unpaired) electrons. The molecule has 0 amide bonds. The van der Waals surface area contributed by atoms with E-state index in [1.165, 1.54) is 22.8 Å². The molecule has 0 spiro atoms. The second-order valence-corrected chi connectivity index (χ2v) is 8.57. The van der Waals surface area contributed by atoms with Crippen LogP contribution in [-0.4, -0.2) is 23.0 Å². The number of hydrogen-bond acceptors (Lipinski definition) is 5. The van der Waals surface area contributed by atoms with Gasteiger partial charge in [-0.15, -0.1) is 0 Å². The van der Waals surface area contributed by atoms with Crippen LogP contribution in [0.15, 0.2) is 59.6 Å². The normalized spacial score (nSPS) is 12.3. The van der Waals surface area contributed by atoms with Gasteiger partial charge in [-0.3, -0.25) is 4.72 Å². The molecule has 7 nitrogen and oxygen atoms in total. The monoisotopic (exact) mass is 465 g/mol. The van der Waals surface area contributed by atoms with Crippen molar-refractivity contribution in [2.75, 3.05) is 10.5 Å². The molecule has 12 heteroatoms. The maximum Gasteiger partial charge on any atom is 0.416 e. The first-order valence-corrected chi connectivity index (χ1v) is 10.6. The van der Waals surface area contributed by atoms with Crippen LogP contribution in [0.4, 0.5) is 29.1 Å². The van der Waals surface area contributed by atoms with Crippen molar-refractivity contribution in [2.24, 2.45) is 0 Å². The number of aromatic nitrogens is 3. The lowest BCUT2D eigenvalue weighted by Crippen LogP contribution is -2.15. The maximum absolute atomic E-state index is 14.9. The van der Waals surface area contributed by atoms with Gasteiger partial charge in [0, 0.05) is 17.2 Å². The number of halogens is 4. The summed E-state index contributed by atoms with van der Waals surface area (Å²) in [5, 5.41) is 4.03. The van der Waals surface area contributed by atoms with E-state index in [0.717, 1.165) is 24.3 Å². The van der Waals surface area contributed by atoms with Crippen LogP contribution in [-0.2, 0) is 16.2 Å². The average Bonchev–Trinajstić information content (AvgIpc) is 3.17. The average molecular weight is 465 g/mol. The smallest absolute Gasteiger partial charge is 0.383 e. The zero-order valence-electron chi connectivity index (χ0n) is 16.4. The molecule has 0 saturated heterocycles. The standard InChI is InChI=1S/C20H15F4N5O2S/c1-11-18(19(25)29-17(27-11)7-8-26-29)15-6-5-13(10-16(15)21)28-32(30,31)14-4-2-3-12(9-14)20(22,23)24/h2-10,28H,25H2,1H3. The first kappa shape index (κ1) is 21.6. The fourth-order valence-electron chi connectivity index (χ4n) is 3.25. The van der Waals surface area contributed by atoms with Crippen molar-refractivity contribution in [2.45, 2.75) is 18.0 Å². The van der Waals surface area contributed by atoms with Gasteiger partial charge in [0.05, 0.1) is 28.0 Å². The minimum atomic E-state index is -4.71. The molecule has 32 heavy (non-hydrogen) atoms. The van der Waals surface area contributed by atoms with E-state index in [4.69, 9.17) is 5.73 Å². The van der Waals surface area contributed by atoms with Gasteiger partial charge in [0.25, 0.3) is 10.0 Å². The van der Waals surface area contributed by atoms with Crippen LogP contribution >= 0.6 is 0 Å². The van der Waals surface area contributed by atoms with E-state index < -0.39 is 32.5 Å². The lowest BCUT2D eigenvalue weighted by Gasteiger charge is -2.14. The number of nitrogens with one attached hydrogen (secondary N) is 1. The molecular weight excluding hydrogens is 450 g/mol. The molecule has 2 aromatic heterocycles. The van der Waals surface area contributed by atoms with Gasteiger partial charge in [-0.1, -0.05) is 6.07 Å². The Hall–Kier alpha value is -3.67. The minimum Gasteiger partial charge on any atom is -0.383 e. The van der Waals surface area contributed by atoms with Gasteiger partial charge in [0.1, 0.15) is 11.6 Å². The first-order chi connectivity index (χ1) is 15.0. The van der Waals surface area contributed by atoms with Crippen LogP contribution in [0, 0.1) is 12.7 Å². The lowest BCUT2D eigenvalue weighted by molar-refractivity contribution is -0.137. The Kier molecular flexibility index (Phi) is 5.04. The Bertz CT molecular complexity index is 1450. The summed E-state index contributed by atoms with van der Waals surface area (Å²) in [7, 11) is -4.40. The summed E-state index contributed by atoms with van der Waals surface area (Å²) >= 11 is 0. The van der Waals surface area contributed by atoms with Crippen molar-refractivity contribution < 1.29 is 26.0 Å². The maximum atomic E-state index is 14.9. The van der Waals surface area contributed by atoms with Gasteiger partial charge >= 0.3 is 6.18 Å². The highest BCUT2D eigenvalue weighted by atomic mass is 32.2. The largest absolute Gasteiger partial charge is 0.416 e. The van der Waals surface area contributed by atoms with E-state index in [0.29, 0.717) is 17.4 Å². The van der Waals surface area contributed by atoms with Gasteiger partial charge in [-0.25, -0.2) is 17.8 Å². The number of alkyl halides is 3. The molecule has 0 aliphatic rings. The van der Waals surface area contributed by atoms with Crippen molar-refractivity contribution in [1.82, 2.24) is 14.6 Å². The summed E-state index contributed by atoms with van der Waals surface area (Å²) in [6.07, 6.45) is -3.22. The Morgan fingerprint density at radius 2 is 1.84 bits per heavy atom. The van der Waals surface area contributed by atoms with E-state index >= 15 is 0 Å². The molecule has 0 saturated carbocycles. The lowest BCUT2D eigenvalue weighted by atomic mass is 10.0. The molecule has 4 aromatic rings. The zero-order valence-corrected chi connectivity index (χ0v) is 17.2. The molecule has 2 heterocycles. The number of nitrogen functional groups attached to an aromatic ring is 1. The third-order valence-electron chi connectivity index (χ3n) is 4.71. The summed E-state index contributed by atoms with van der Waals surface area (Å²) < 4.78 is 82.1. The zero-order chi connectivity index (χ0) is 23.3. The van der Waals surface area contributed by atoms with Gasteiger partial charge in [0.2, 0.25) is 0 Å². The van der Waals surface area contributed by atoms with Crippen LogP contribution in [0.3, 0.4) is 0 Å². The van der Waals surface area contributed by atoms with Gasteiger partial charge < -0.3 is 5.73 Å². The number of rotatable bonds is 4. The fraction of sp³-hybridized carbons (Fsp3) is 0.100. The Labute approximate surface area is 179 Å². The number of fused-ring (bicyclic) bond motifs is 1. The first-order valence-electron chi connectivity index (χ1n) is 9.07. The summed E-state index contributed by atoms with van der Waals surface area (Å²) in [4.78, 5) is 3.71. The topological polar surface area (TPSA) is 102 Å². The highest BCUT2D eigenvalue weighted by Crippen LogP contribution is 2.34. The molecule has 0 atom stereocenters. The summed E-state index contributed by atoms with van der Waals surface area (Å²) in [6.45, 7) is 1.64. The predicted octanol–water partition coefficient (Wildman–Crippen LogP) is 4.25. The molecule has 0 aliphatic heterocycles. The van der Waals surface area contributed by atoms with Crippen molar-refractivity contribution in [3.05, 3.63) is 71.8 Å². The van der Waals surface area contributed by atoms with E-state index in [1.807, 2.05) is 0 Å². The molecule has 4 rings (SSSR count). The van der Waals surface area contributed by atoms with E-state index in [1.54, 1.807) is 13.0 Å². The van der Waals surface area contributed by atoms with Crippen LogP contribution in [0.25, 0.3) is 16.8 Å². The SMILES string of the molecule is Cc1nc2ccnn2c(N)c1-c1ccc(NS(=O)(=O)c2cccc(C(F)(F)F)c2)cc1F. The van der Waals surface area contributed by atoms with Crippen LogP contribution in [0.2, 0.25) is 0 Å². The number of anilines is 2. The summed E-state index contributed by atoms with van der Waals surface area (Å²) in [5.74, 6) is -0.661. The molecule has 3 N–H and O–H groups in total. The van der Waals surface area contributed by atoms with Crippen LogP contribution < -0.4 is 10.5 Å². The third kappa shape index (κ3) is 3.84. The number of nitrogens with zero attached hydrogens (tertiary/aromatic N) is 3. The van der Waals surface area contributed by atoms with Crippen molar-refractivity contribution in [3.8, 4) is 11.1 Å². The molecule has 166 valence electrons. The van der Waals surface area contributed by atoms with E-state index in [2.05, 4.69) is 14.8 Å². The van der Waals surface area contributed by atoms with Gasteiger partial charge in [0.15, 0.2) is 5.65 Å². The highest BCUT2D eigenvalue weighted by Gasteiger charge is 2.31. The predicted molar refractivity (Wildman–Crippen MR) is 110 cm³/mol. The van der Waals surface area contributed by atoms with Crippen molar-refractivity contribution >= 4 is 27.2 Å². The minimum absolute atomic E-state index is 0.0620. The Morgan fingerprint density at radius 3 is 2.53 bits per heavy atom. The van der Waals surface area contributed by atoms with Crippen molar-refractivity contribution in [1.29, 1.82) is 0 Å². The molecule has 0 fully saturated rings. The second-order valence-electron chi connectivity index (χ2n) is 6.88. The van der Waals surface area contributed by atoms with Gasteiger partial charge in [-0.2, -0.15) is 22.8 Å². The van der Waals surface area contributed by atoms with Gasteiger partial charge in [-0.05, 0) is 43.3 Å². The Morgan fingerprint density at radius 1 is 1.09 bits per heavy atom. The molecular formula is C20H15F4N5O2S. The number of aryl methyl sites for hydroxylation is 1. The fourth-order valence-corrected chi connectivity index (χ4v) is 4.35. The van der Waals surface area contributed by atoms with E-state index in [-0.39, 0.29) is 22.6 Å². The molecule has 2 aromatic carbocycles. The second kappa shape index (κ2) is 7.48. The number of hydrogen-bond donors (Lipinski definition) is 2. The van der Waals surface area contributed by atoms with Crippen molar-refractivity contribution in [3.63, 3.8) is 0 Å². The van der Waals surface area contributed by atoms with E-state index in [9.17, 15) is 26.0 Å². The Balaban J connectivity index is 1.69. The number of benzene rings is 2.